The van der Waals surface area contributed by atoms with Crippen LogP contribution < -0.4 is 5.32 Å². The number of hydrogen-bond donors (Lipinski definition) is 2. The Morgan fingerprint density at radius 2 is 2.38 bits per heavy atom. The zero-order chi connectivity index (χ0) is 9.26. The van der Waals surface area contributed by atoms with Gasteiger partial charge >= 0.3 is 0 Å². The standard InChI is InChI=1S/C9H10BrN3/c1-11-5-6-3-2-4-7-8(6)12-13-9(7)10/h2-4,11H,5H2,1H3,(H,12,13). The molecule has 0 atom stereocenters. The minimum Gasteiger partial charge on any atom is -0.316 e. The van der Waals surface area contributed by atoms with Crippen molar-refractivity contribution in [2.24, 2.45) is 0 Å². The zero-order valence-corrected chi connectivity index (χ0v) is 8.85. The van der Waals surface area contributed by atoms with Crippen molar-refractivity contribution < 1.29 is 0 Å². The summed E-state index contributed by atoms with van der Waals surface area (Å²) in [5.41, 5.74) is 2.24. The first-order chi connectivity index (χ1) is 6.33. The third-order valence-corrected chi connectivity index (χ3v) is 2.59. The van der Waals surface area contributed by atoms with E-state index < -0.39 is 0 Å². The number of nitrogens with zero attached hydrogens (tertiary/aromatic N) is 1. The second-order valence-corrected chi connectivity index (χ2v) is 3.67. The Balaban J connectivity index is 2.63. The first kappa shape index (κ1) is 8.72. The van der Waals surface area contributed by atoms with Gasteiger partial charge in [0.05, 0.1) is 5.52 Å². The van der Waals surface area contributed by atoms with E-state index in [0.29, 0.717) is 0 Å². The van der Waals surface area contributed by atoms with Crippen LogP contribution in [0.5, 0.6) is 0 Å². The van der Waals surface area contributed by atoms with E-state index in [9.17, 15) is 0 Å². The Hall–Kier alpha value is -0.870. The van der Waals surface area contributed by atoms with Gasteiger partial charge in [-0.3, -0.25) is 5.10 Å². The average molecular weight is 240 g/mol. The molecule has 0 fully saturated rings. The van der Waals surface area contributed by atoms with Gasteiger partial charge in [0.1, 0.15) is 4.60 Å². The van der Waals surface area contributed by atoms with Gasteiger partial charge in [-0.05, 0) is 28.5 Å². The normalized spacial score (nSPS) is 10.9. The van der Waals surface area contributed by atoms with Gasteiger partial charge in [-0.25, -0.2) is 0 Å². The maximum absolute atomic E-state index is 4.22. The minimum absolute atomic E-state index is 0.842. The van der Waals surface area contributed by atoms with Crippen LogP contribution in [-0.4, -0.2) is 17.2 Å². The maximum atomic E-state index is 4.22. The van der Waals surface area contributed by atoms with Gasteiger partial charge < -0.3 is 5.32 Å². The number of aromatic amines is 1. The van der Waals surface area contributed by atoms with Crippen LogP contribution in [0.15, 0.2) is 22.8 Å². The van der Waals surface area contributed by atoms with E-state index in [1.54, 1.807) is 0 Å². The number of halogens is 1. The molecule has 0 aliphatic rings. The Kier molecular flexibility index (Phi) is 2.33. The Bertz CT molecular complexity index is 422. The lowest BCUT2D eigenvalue weighted by atomic mass is 10.1. The number of H-pyrrole nitrogens is 1. The van der Waals surface area contributed by atoms with E-state index >= 15 is 0 Å². The van der Waals surface area contributed by atoms with Gasteiger partial charge in [0.15, 0.2) is 0 Å². The van der Waals surface area contributed by atoms with Crippen LogP contribution in [0, 0.1) is 0 Å². The van der Waals surface area contributed by atoms with Gasteiger partial charge in [0.25, 0.3) is 0 Å². The fourth-order valence-electron chi connectivity index (χ4n) is 1.40. The van der Waals surface area contributed by atoms with E-state index in [1.807, 2.05) is 19.2 Å². The molecule has 0 aliphatic heterocycles. The van der Waals surface area contributed by atoms with Crippen LogP contribution in [0.2, 0.25) is 0 Å². The van der Waals surface area contributed by atoms with Crippen LogP contribution in [0.1, 0.15) is 5.56 Å². The predicted octanol–water partition coefficient (Wildman–Crippen LogP) is 2.04. The largest absolute Gasteiger partial charge is 0.316 e. The summed E-state index contributed by atoms with van der Waals surface area (Å²) in [4.78, 5) is 0. The number of hydrogen-bond acceptors (Lipinski definition) is 2. The van der Waals surface area contributed by atoms with Crippen LogP contribution >= 0.6 is 15.9 Å². The fraction of sp³-hybridized carbons (Fsp3) is 0.222. The predicted molar refractivity (Wildman–Crippen MR) is 56.6 cm³/mol. The van der Waals surface area contributed by atoms with Crippen molar-refractivity contribution in [2.45, 2.75) is 6.54 Å². The lowest BCUT2D eigenvalue weighted by Gasteiger charge is -1.99. The van der Waals surface area contributed by atoms with Crippen molar-refractivity contribution in [3.63, 3.8) is 0 Å². The van der Waals surface area contributed by atoms with Crippen molar-refractivity contribution >= 4 is 26.8 Å². The number of rotatable bonds is 2. The Morgan fingerprint density at radius 1 is 1.54 bits per heavy atom. The second kappa shape index (κ2) is 3.47. The topological polar surface area (TPSA) is 40.7 Å². The van der Waals surface area contributed by atoms with Gasteiger partial charge in [-0.1, -0.05) is 18.2 Å². The first-order valence-corrected chi connectivity index (χ1v) is 4.88. The smallest absolute Gasteiger partial charge is 0.108 e. The molecule has 4 heteroatoms. The molecule has 0 aliphatic carbocycles. The number of fused-ring (bicyclic) bond motifs is 1. The molecule has 0 radical (unpaired) electrons. The lowest BCUT2D eigenvalue weighted by molar-refractivity contribution is 0.821. The van der Waals surface area contributed by atoms with Gasteiger partial charge in [0.2, 0.25) is 0 Å². The molecular formula is C9H10BrN3. The highest BCUT2D eigenvalue weighted by molar-refractivity contribution is 9.10. The molecule has 1 heterocycles. The molecule has 0 saturated heterocycles. The molecule has 3 nitrogen and oxygen atoms in total. The molecule has 0 spiro atoms. The van der Waals surface area contributed by atoms with Crippen LogP contribution in [0.25, 0.3) is 10.9 Å². The fourth-order valence-corrected chi connectivity index (χ4v) is 1.81. The summed E-state index contributed by atoms with van der Waals surface area (Å²) in [6.45, 7) is 0.842. The van der Waals surface area contributed by atoms with E-state index in [2.05, 4.69) is 37.5 Å². The van der Waals surface area contributed by atoms with Gasteiger partial charge in [-0.15, -0.1) is 0 Å². The van der Waals surface area contributed by atoms with Gasteiger partial charge in [0, 0.05) is 11.9 Å². The molecule has 2 N–H and O–H groups in total. The van der Waals surface area contributed by atoms with Crippen molar-refractivity contribution in [2.75, 3.05) is 7.05 Å². The molecule has 0 unspecified atom stereocenters. The summed E-state index contributed by atoms with van der Waals surface area (Å²) < 4.78 is 0.945. The van der Waals surface area contributed by atoms with Crippen LogP contribution in [0.3, 0.4) is 0 Å². The molecule has 2 aromatic rings. The number of aromatic nitrogens is 2. The SMILES string of the molecule is CNCc1cccc2c(Br)[nH]nc12. The summed E-state index contributed by atoms with van der Waals surface area (Å²) >= 11 is 3.41. The molecule has 0 amide bonds. The molecule has 0 bridgehead atoms. The summed E-state index contributed by atoms with van der Waals surface area (Å²) in [6, 6.07) is 6.16. The highest BCUT2D eigenvalue weighted by Gasteiger charge is 2.05. The molecular weight excluding hydrogens is 230 g/mol. The average Bonchev–Trinajstić information content (AvgIpc) is 2.50. The minimum atomic E-state index is 0.842. The molecule has 1 aromatic heterocycles. The number of nitrogens with one attached hydrogen (secondary N) is 2. The highest BCUT2D eigenvalue weighted by Crippen LogP contribution is 2.23. The van der Waals surface area contributed by atoms with Crippen LogP contribution in [0.4, 0.5) is 0 Å². The maximum Gasteiger partial charge on any atom is 0.108 e. The van der Waals surface area contributed by atoms with E-state index in [1.165, 1.54) is 5.56 Å². The van der Waals surface area contributed by atoms with E-state index in [-0.39, 0.29) is 0 Å². The molecule has 1 aromatic carbocycles. The summed E-state index contributed by atoms with van der Waals surface area (Å²) in [5.74, 6) is 0. The lowest BCUT2D eigenvalue weighted by Crippen LogP contribution is -2.05. The van der Waals surface area contributed by atoms with Crippen molar-refractivity contribution in [1.29, 1.82) is 0 Å². The number of para-hydroxylation sites is 1. The Morgan fingerprint density at radius 3 is 3.15 bits per heavy atom. The van der Waals surface area contributed by atoms with Crippen molar-refractivity contribution in [3.05, 3.63) is 28.4 Å². The Labute approximate surface area is 84.7 Å². The molecule has 2 rings (SSSR count). The highest BCUT2D eigenvalue weighted by atomic mass is 79.9. The molecule has 13 heavy (non-hydrogen) atoms. The quantitative estimate of drug-likeness (QED) is 0.843. The zero-order valence-electron chi connectivity index (χ0n) is 7.26. The third kappa shape index (κ3) is 1.47. The molecule has 68 valence electrons. The van der Waals surface area contributed by atoms with Gasteiger partial charge in [-0.2, -0.15) is 5.10 Å². The summed E-state index contributed by atoms with van der Waals surface area (Å²) in [7, 11) is 1.93. The molecule has 0 saturated carbocycles. The van der Waals surface area contributed by atoms with Crippen LogP contribution in [-0.2, 0) is 6.54 Å². The summed E-state index contributed by atoms with van der Waals surface area (Å²) in [6.07, 6.45) is 0. The third-order valence-electron chi connectivity index (χ3n) is 1.99. The van der Waals surface area contributed by atoms with E-state index in [4.69, 9.17) is 0 Å². The van der Waals surface area contributed by atoms with Crippen molar-refractivity contribution in [3.8, 4) is 0 Å². The monoisotopic (exact) mass is 239 g/mol. The van der Waals surface area contributed by atoms with Crippen molar-refractivity contribution in [1.82, 2.24) is 15.5 Å². The number of benzene rings is 1. The van der Waals surface area contributed by atoms with E-state index in [0.717, 1.165) is 22.1 Å². The second-order valence-electron chi connectivity index (χ2n) is 2.88. The first-order valence-electron chi connectivity index (χ1n) is 4.09. The summed E-state index contributed by atoms with van der Waals surface area (Å²) in [5, 5.41) is 11.4.